The summed E-state index contributed by atoms with van der Waals surface area (Å²) in [7, 11) is 0. The average molecular weight is 1680 g/mol. The molecular formula is C99H191NO18. The molecule has 17 unspecified atom stereocenters. The van der Waals surface area contributed by atoms with Crippen molar-refractivity contribution in [1.82, 2.24) is 5.32 Å². The maximum absolute atomic E-state index is 13.6. The van der Waals surface area contributed by atoms with Gasteiger partial charge in [0.25, 0.3) is 0 Å². The summed E-state index contributed by atoms with van der Waals surface area (Å²) in [5.41, 5.74) is 0. The van der Waals surface area contributed by atoms with Gasteiger partial charge in [0.05, 0.1) is 38.6 Å². The minimum absolute atomic E-state index is 0.251. The molecule has 0 bridgehead atoms. The number of amides is 1. The van der Waals surface area contributed by atoms with E-state index in [9.17, 15) is 61.0 Å². The van der Waals surface area contributed by atoms with Gasteiger partial charge in [0.15, 0.2) is 18.9 Å². The Hall–Kier alpha value is -1.47. The topological polar surface area (TPSA) is 307 Å². The summed E-state index contributed by atoms with van der Waals surface area (Å²) in [6.45, 7) is 1.84. The Bertz CT molecular complexity index is 2170. The Balaban J connectivity index is 1.27. The first kappa shape index (κ1) is 111. The molecule has 3 rings (SSSR count). The van der Waals surface area contributed by atoms with Gasteiger partial charge < -0.3 is 89.9 Å². The molecule has 3 fully saturated rings. The van der Waals surface area contributed by atoms with Gasteiger partial charge in [0, 0.05) is 6.42 Å². The van der Waals surface area contributed by atoms with Crippen molar-refractivity contribution in [2.45, 2.75) is 587 Å². The maximum Gasteiger partial charge on any atom is 0.220 e. The fourth-order valence-corrected chi connectivity index (χ4v) is 17.8. The van der Waals surface area contributed by atoms with Gasteiger partial charge in [-0.25, -0.2) is 0 Å². The molecule has 19 nitrogen and oxygen atoms in total. The molecule has 0 radical (unpaired) electrons. The van der Waals surface area contributed by atoms with Crippen molar-refractivity contribution in [3.05, 3.63) is 12.2 Å². The first-order chi connectivity index (χ1) is 57.8. The van der Waals surface area contributed by atoms with Gasteiger partial charge in [-0.1, -0.05) is 469 Å². The van der Waals surface area contributed by atoms with E-state index in [4.69, 9.17) is 28.4 Å². The highest BCUT2D eigenvalue weighted by Crippen LogP contribution is 2.34. The molecule has 3 heterocycles. The van der Waals surface area contributed by atoms with Crippen molar-refractivity contribution >= 4 is 5.91 Å². The number of unbranched alkanes of at least 4 members (excludes halogenated alkanes) is 70. The van der Waals surface area contributed by atoms with Crippen LogP contribution in [-0.2, 0) is 33.2 Å². The van der Waals surface area contributed by atoms with Crippen LogP contribution in [-0.4, -0.2) is 193 Å². The molecule has 0 aromatic carbocycles. The second-order valence-electron chi connectivity index (χ2n) is 36.7. The van der Waals surface area contributed by atoms with E-state index in [0.29, 0.717) is 6.42 Å². The number of aliphatic hydroxyl groups excluding tert-OH is 11. The zero-order valence-electron chi connectivity index (χ0n) is 76.2. The van der Waals surface area contributed by atoms with Crippen LogP contribution in [0.25, 0.3) is 0 Å². The van der Waals surface area contributed by atoms with Gasteiger partial charge in [-0.15, -0.1) is 0 Å². The van der Waals surface area contributed by atoms with Crippen LogP contribution >= 0.6 is 0 Å². The average Bonchev–Trinajstić information content (AvgIpc) is 0.783. The number of rotatable bonds is 86. The molecule has 1 amide bonds. The molecule has 3 aliphatic heterocycles. The molecule has 0 spiro atoms. The molecule has 0 aromatic rings. The SMILES string of the molecule is CCCCCCCCCCCCCCCCCCCCCCCCCCCCCCCCC/C=C/C(O)C(COC1OC(CO)C(OC2OC(CO)C(OC3OC(CO)C(O)C(O)C3O)C(O)C2O)C(O)C1O)NC(=O)CCCCCCCCCCCCCCCCCCCCCCCCCCCCCCCCCCCCCCCCCC. The third-order valence-electron chi connectivity index (χ3n) is 25.8. The second-order valence-corrected chi connectivity index (χ2v) is 36.7. The molecule has 118 heavy (non-hydrogen) atoms. The lowest BCUT2D eigenvalue weighted by molar-refractivity contribution is -0.379. The number of hydrogen-bond donors (Lipinski definition) is 12. The molecule has 12 N–H and O–H groups in total. The Morgan fingerprint density at radius 2 is 0.525 bits per heavy atom. The Kier molecular flexibility index (Phi) is 74.1. The molecule has 17 atom stereocenters. The number of carbonyl (C=O) groups excluding carboxylic acids is 1. The molecule has 0 aliphatic carbocycles. The summed E-state index contributed by atoms with van der Waals surface area (Å²) in [6.07, 6.45) is 74.2. The van der Waals surface area contributed by atoms with Crippen LogP contribution in [0.1, 0.15) is 483 Å². The van der Waals surface area contributed by atoms with Crippen LogP contribution in [0.3, 0.4) is 0 Å². The van der Waals surface area contributed by atoms with Crippen LogP contribution < -0.4 is 5.32 Å². The normalized spacial score (nSPS) is 24.2. The van der Waals surface area contributed by atoms with Gasteiger partial charge in [0.1, 0.15) is 73.2 Å². The number of aliphatic hydroxyl groups is 11. The minimum atomic E-state index is -1.98. The van der Waals surface area contributed by atoms with Crippen LogP contribution in [0, 0.1) is 0 Å². The molecule has 700 valence electrons. The summed E-state index contributed by atoms with van der Waals surface area (Å²) in [5.74, 6) is -0.263. The Labute approximate surface area is 722 Å². The number of hydrogen-bond acceptors (Lipinski definition) is 18. The smallest absolute Gasteiger partial charge is 0.220 e. The number of carbonyl (C=O) groups is 1. The van der Waals surface area contributed by atoms with Crippen LogP contribution in [0.15, 0.2) is 12.2 Å². The summed E-state index contributed by atoms with van der Waals surface area (Å²) >= 11 is 0. The van der Waals surface area contributed by atoms with Crippen molar-refractivity contribution in [3.63, 3.8) is 0 Å². The Morgan fingerprint density at radius 1 is 0.297 bits per heavy atom. The van der Waals surface area contributed by atoms with Gasteiger partial charge in [-0.2, -0.15) is 0 Å². The highest BCUT2D eigenvalue weighted by atomic mass is 16.8. The standard InChI is InChI=1S/C99H191NO18/c1-3-5-7-9-11-13-15-17-19-21-23-25-27-29-31-33-35-37-38-39-40-41-42-43-45-47-49-51-53-55-57-59-61-63-65-67-69-71-73-75-77-87(105)100-82(83(104)76-74-72-70-68-66-64-62-60-58-56-54-52-50-48-46-44-36-34-32-30-28-26-24-22-20-18-16-14-12-10-8-6-4-2)81-113-97-93(111)90(108)95(85(79-102)115-97)118-99-94(112)91(109)96(86(80-103)116-99)117-98-92(110)89(107)88(106)84(78-101)114-98/h74,76,82-86,88-99,101-104,106-112H,3-73,75,77-81H2,1-2H3,(H,100,105)/b76-74+. The van der Waals surface area contributed by atoms with Gasteiger partial charge >= 0.3 is 0 Å². The zero-order chi connectivity index (χ0) is 85.2. The number of allylic oxidation sites excluding steroid dienone is 1. The molecule has 3 saturated heterocycles. The molecule has 0 aromatic heterocycles. The quantitative estimate of drug-likeness (QED) is 0.0199. The third kappa shape index (κ3) is 55.9. The van der Waals surface area contributed by atoms with E-state index in [0.717, 1.165) is 44.9 Å². The molecule has 3 aliphatic rings. The van der Waals surface area contributed by atoms with Crippen LogP contribution in [0.4, 0.5) is 0 Å². The molecule has 19 heteroatoms. The summed E-state index contributed by atoms with van der Waals surface area (Å²) in [6, 6.07) is -0.972. The zero-order valence-corrected chi connectivity index (χ0v) is 76.2. The molecular weight excluding hydrogens is 1490 g/mol. The summed E-state index contributed by atoms with van der Waals surface area (Å²) in [4.78, 5) is 13.6. The highest BCUT2D eigenvalue weighted by molar-refractivity contribution is 5.76. The largest absolute Gasteiger partial charge is 0.394 e. The van der Waals surface area contributed by atoms with E-state index in [1.807, 2.05) is 6.08 Å². The van der Waals surface area contributed by atoms with Crippen LogP contribution in [0.5, 0.6) is 0 Å². The van der Waals surface area contributed by atoms with E-state index in [1.54, 1.807) is 6.08 Å². The predicted octanol–water partition coefficient (Wildman–Crippen LogP) is 21.4. The van der Waals surface area contributed by atoms with Gasteiger partial charge in [0.2, 0.25) is 5.91 Å². The highest BCUT2D eigenvalue weighted by Gasteiger charge is 2.54. The fraction of sp³-hybridized carbons (Fsp3) is 0.970. The number of ether oxygens (including phenoxy) is 6. The fourth-order valence-electron chi connectivity index (χ4n) is 17.8. The molecule has 0 saturated carbocycles. The Morgan fingerprint density at radius 3 is 0.797 bits per heavy atom. The van der Waals surface area contributed by atoms with Crippen LogP contribution in [0.2, 0.25) is 0 Å². The van der Waals surface area contributed by atoms with Crippen molar-refractivity contribution < 1.29 is 89.4 Å². The van der Waals surface area contributed by atoms with Gasteiger partial charge in [-0.3, -0.25) is 4.79 Å². The first-order valence-corrected chi connectivity index (χ1v) is 50.9. The minimum Gasteiger partial charge on any atom is -0.394 e. The van der Waals surface area contributed by atoms with E-state index >= 15 is 0 Å². The second kappa shape index (κ2) is 79.0. The lowest BCUT2D eigenvalue weighted by Gasteiger charge is -2.48. The van der Waals surface area contributed by atoms with Crippen molar-refractivity contribution in [1.29, 1.82) is 0 Å². The number of nitrogens with one attached hydrogen (secondary N) is 1. The van der Waals surface area contributed by atoms with E-state index in [-0.39, 0.29) is 18.9 Å². The summed E-state index contributed by atoms with van der Waals surface area (Å²) in [5, 5.41) is 121. The maximum atomic E-state index is 13.6. The van der Waals surface area contributed by atoms with Crippen molar-refractivity contribution in [3.8, 4) is 0 Å². The van der Waals surface area contributed by atoms with E-state index in [2.05, 4.69) is 19.2 Å². The van der Waals surface area contributed by atoms with Crippen molar-refractivity contribution in [2.24, 2.45) is 0 Å². The van der Waals surface area contributed by atoms with E-state index in [1.165, 1.54) is 411 Å². The lowest BCUT2D eigenvalue weighted by Crippen LogP contribution is -2.66. The van der Waals surface area contributed by atoms with Gasteiger partial charge in [-0.05, 0) is 19.3 Å². The monoisotopic (exact) mass is 1680 g/mol. The van der Waals surface area contributed by atoms with E-state index < -0.39 is 124 Å². The third-order valence-corrected chi connectivity index (χ3v) is 25.8. The first-order valence-electron chi connectivity index (χ1n) is 50.9. The lowest BCUT2D eigenvalue weighted by atomic mass is 9.96. The predicted molar refractivity (Wildman–Crippen MR) is 480 cm³/mol. The van der Waals surface area contributed by atoms with Crippen molar-refractivity contribution in [2.75, 3.05) is 26.4 Å². The summed E-state index contributed by atoms with van der Waals surface area (Å²) < 4.78 is 34.6.